The van der Waals surface area contributed by atoms with Gasteiger partial charge in [-0.1, -0.05) is 13.8 Å². The molecule has 1 heterocycles. The van der Waals surface area contributed by atoms with E-state index in [0.717, 1.165) is 11.4 Å². The minimum atomic E-state index is -0.798. The molecule has 0 spiro atoms. The molecule has 6 nitrogen and oxygen atoms in total. The molecule has 0 aromatic carbocycles. The van der Waals surface area contributed by atoms with Gasteiger partial charge in [0.05, 0.1) is 17.3 Å². The van der Waals surface area contributed by atoms with Crippen LogP contribution in [0.2, 0.25) is 0 Å². The minimum absolute atomic E-state index is 0.317. The fourth-order valence-electron chi connectivity index (χ4n) is 1.59. The predicted molar refractivity (Wildman–Crippen MR) is 68.4 cm³/mol. The number of rotatable bonds is 6. The van der Waals surface area contributed by atoms with Gasteiger partial charge in [0.15, 0.2) is 0 Å². The Hall–Kier alpha value is -1.72. The summed E-state index contributed by atoms with van der Waals surface area (Å²) < 4.78 is 0. The first kappa shape index (κ1) is 14.3. The second kappa shape index (κ2) is 6.28. The number of carbonyl (C=O) groups is 1. The van der Waals surface area contributed by atoms with E-state index in [4.69, 9.17) is 5.11 Å². The maximum Gasteiger partial charge on any atom is 0.308 e. The molecule has 0 saturated heterocycles. The molecule has 0 aliphatic heterocycles. The van der Waals surface area contributed by atoms with Crippen molar-refractivity contribution >= 4 is 11.9 Å². The Bertz CT molecular complexity index is 421. The van der Waals surface area contributed by atoms with Crippen LogP contribution in [-0.2, 0) is 4.79 Å². The van der Waals surface area contributed by atoms with E-state index in [-0.39, 0.29) is 0 Å². The summed E-state index contributed by atoms with van der Waals surface area (Å²) in [4.78, 5) is 15.3. The second-order valence-corrected chi connectivity index (χ2v) is 4.85. The Kier molecular flexibility index (Phi) is 5.00. The van der Waals surface area contributed by atoms with Gasteiger partial charge in [0.2, 0.25) is 5.95 Å². The summed E-state index contributed by atoms with van der Waals surface area (Å²) in [6, 6.07) is 0. The average Bonchev–Trinajstić information content (AvgIpc) is 2.28. The van der Waals surface area contributed by atoms with Gasteiger partial charge in [-0.2, -0.15) is 5.10 Å². The Morgan fingerprint density at radius 2 is 1.94 bits per heavy atom. The molecule has 18 heavy (non-hydrogen) atoms. The zero-order valence-electron chi connectivity index (χ0n) is 11.3. The molecule has 1 aromatic rings. The highest BCUT2D eigenvalue weighted by atomic mass is 16.4. The van der Waals surface area contributed by atoms with Crippen LogP contribution >= 0.6 is 0 Å². The van der Waals surface area contributed by atoms with Crippen LogP contribution < -0.4 is 5.32 Å². The number of anilines is 1. The molecule has 1 aromatic heterocycles. The second-order valence-electron chi connectivity index (χ2n) is 4.85. The molecule has 0 fully saturated rings. The molecule has 100 valence electrons. The summed E-state index contributed by atoms with van der Waals surface area (Å²) in [6.07, 6.45) is 0.626. The van der Waals surface area contributed by atoms with Gasteiger partial charge in [-0.15, -0.1) is 5.10 Å². The van der Waals surface area contributed by atoms with Gasteiger partial charge in [-0.05, 0) is 26.2 Å². The molecule has 0 aliphatic rings. The fourth-order valence-corrected chi connectivity index (χ4v) is 1.59. The Labute approximate surface area is 107 Å². The van der Waals surface area contributed by atoms with Crippen molar-refractivity contribution in [2.24, 2.45) is 11.8 Å². The maximum atomic E-state index is 11.1. The van der Waals surface area contributed by atoms with Gasteiger partial charge in [0.25, 0.3) is 0 Å². The Morgan fingerprint density at radius 1 is 1.28 bits per heavy atom. The van der Waals surface area contributed by atoms with Crippen molar-refractivity contribution in [3.8, 4) is 0 Å². The highest BCUT2D eigenvalue weighted by Crippen LogP contribution is 2.12. The molecular formula is C12H20N4O2. The van der Waals surface area contributed by atoms with Gasteiger partial charge >= 0.3 is 5.97 Å². The van der Waals surface area contributed by atoms with Crippen LogP contribution in [0.4, 0.5) is 5.95 Å². The van der Waals surface area contributed by atoms with Crippen LogP contribution in [0, 0.1) is 25.7 Å². The van der Waals surface area contributed by atoms with Crippen LogP contribution in [0.5, 0.6) is 0 Å². The number of hydrogen-bond donors (Lipinski definition) is 2. The van der Waals surface area contributed by atoms with Crippen LogP contribution in [-0.4, -0.2) is 32.8 Å². The summed E-state index contributed by atoms with van der Waals surface area (Å²) in [5.41, 5.74) is 1.57. The quantitative estimate of drug-likeness (QED) is 0.800. The van der Waals surface area contributed by atoms with Gasteiger partial charge in [-0.3, -0.25) is 4.79 Å². The number of hydrogen-bond acceptors (Lipinski definition) is 5. The van der Waals surface area contributed by atoms with Crippen LogP contribution in [0.1, 0.15) is 31.7 Å². The monoisotopic (exact) mass is 252 g/mol. The smallest absolute Gasteiger partial charge is 0.308 e. The van der Waals surface area contributed by atoms with Gasteiger partial charge < -0.3 is 10.4 Å². The van der Waals surface area contributed by atoms with E-state index in [1.165, 1.54) is 0 Å². The van der Waals surface area contributed by atoms with Crippen LogP contribution in [0.15, 0.2) is 0 Å². The molecular weight excluding hydrogens is 232 g/mol. The first-order valence-electron chi connectivity index (χ1n) is 6.04. The number of aliphatic carboxylic acids is 1. The van der Waals surface area contributed by atoms with Gasteiger partial charge in [0.1, 0.15) is 0 Å². The molecule has 1 atom stereocenters. The fraction of sp³-hybridized carbons (Fsp3) is 0.667. The molecule has 0 saturated carbocycles. The average molecular weight is 252 g/mol. The maximum absolute atomic E-state index is 11.1. The van der Waals surface area contributed by atoms with E-state index in [1.807, 2.05) is 27.7 Å². The Morgan fingerprint density at radius 3 is 2.44 bits per heavy atom. The Balaban J connectivity index is 2.61. The normalized spacial score (nSPS) is 12.5. The highest BCUT2D eigenvalue weighted by molar-refractivity contribution is 5.70. The summed E-state index contributed by atoms with van der Waals surface area (Å²) >= 11 is 0. The van der Waals surface area contributed by atoms with Crippen molar-refractivity contribution in [1.29, 1.82) is 0 Å². The van der Waals surface area contributed by atoms with E-state index < -0.39 is 11.9 Å². The predicted octanol–water partition coefficient (Wildman–Crippen LogP) is 1.65. The zero-order valence-corrected chi connectivity index (χ0v) is 11.3. The lowest BCUT2D eigenvalue weighted by atomic mass is 9.97. The zero-order chi connectivity index (χ0) is 13.7. The SMILES string of the molecule is Cc1nnc(NCC(CC(C)C)C(=O)O)nc1C. The van der Waals surface area contributed by atoms with Crippen molar-refractivity contribution in [3.63, 3.8) is 0 Å². The summed E-state index contributed by atoms with van der Waals surface area (Å²) in [5.74, 6) is -0.511. The van der Waals surface area contributed by atoms with E-state index in [0.29, 0.717) is 24.8 Å². The van der Waals surface area contributed by atoms with Crippen molar-refractivity contribution in [1.82, 2.24) is 15.2 Å². The standard InChI is InChI=1S/C12H20N4O2/c1-7(2)5-10(11(17)18)6-13-12-14-8(3)9(4)15-16-12/h7,10H,5-6H2,1-4H3,(H,17,18)(H,13,14,16). The number of carboxylic acids is 1. The molecule has 2 N–H and O–H groups in total. The van der Waals surface area contributed by atoms with Gasteiger partial charge in [0, 0.05) is 6.54 Å². The lowest BCUT2D eigenvalue weighted by molar-refractivity contribution is -0.141. The van der Waals surface area contributed by atoms with Crippen LogP contribution in [0.3, 0.4) is 0 Å². The molecule has 0 bridgehead atoms. The molecule has 6 heteroatoms. The first-order chi connectivity index (χ1) is 8.40. The van der Waals surface area contributed by atoms with Crippen molar-refractivity contribution < 1.29 is 9.90 Å². The lowest BCUT2D eigenvalue weighted by Gasteiger charge is -2.15. The lowest BCUT2D eigenvalue weighted by Crippen LogP contribution is -2.25. The summed E-state index contributed by atoms with van der Waals surface area (Å²) in [6.45, 7) is 8.00. The van der Waals surface area contributed by atoms with E-state index in [2.05, 4.69) is 20.5 Å². The first-order valence-corrected chi connectivity index (χ1v) is 6.04. The van der Waals surface area contributed by atoms with Crippen molar-refractivity contribution in [2.45, 2.75) is 34.1 Å². The van der Waals surface area contributed by atoms with Crippen molar-refractivity contribution in [3.05, 3.63) is 11.4 Å². The highest BCUT2D eigenvalue weighted by Gasteiger charge is 2.19. The third-order valence-electron chi connectivity index (χ3n) is 2.70. The van der Waals surface area contributed by atoms with E-state index >= 15 is 0 Å². The van der Waals surface area contributed by atoms with E-state index in [9.17, 15) is 4.79 Å². The minimum Gasteiger partial charge on any atom is -0.481 e. The molecule has 0 amide bonds. The number of nitrogens with zero attached hydrogens (tertiary/aromatic N) is 3. The third-order valence-corrected chi connectivity index (χ3v) is 2.70. The van der Waals surface area contributed by atoms with Crippen molar-refractivity contribution in [2.75, 3.05) is 11.9 Å². The van der Waals surface area contributed by atoms with Gasteiger partial charge in [-0.25, -0.2) is 4.98 Å². The number of aryl methyl sites for hydroxylation is 2. The number of carboxylic acid groups (broad SMARTS) is 1. The molecule has 0 aliphatic carbocycles. The molecule has 1 unspecified atom stereocenters. The third kappa shape index (κ3) is 4.27. The van der Waals surface area contributed by atoms with Crippen LogP contribution in [0.25, 0.3) is 0 Å². The molecule has 0 radical (unpaired) electrons. The topological polar surface area (TPSA) is 88.0 Å². The number of nitrogens with one attached hydrogen (secondary N) is 1. The summed E-state index contributed by atoms with van der Waals surface area (Å²) in [7, 11) is 0. The van der Waals surface area contributed by atoms with E-state index in [1.54, 1.807) is 0 Å². The largest absolute Gasteiger partial charge is 0.481 e. The summed E-state index contributed by atoms with van der Waals surface area (Å²) in [5, 5.41) is 19.9. The number of aromatic nitrogens is 3. The molecule has 1 rings (SSSR count).